The van der Waals surface area contributed by atoms with Gasteiger partial charge in [0.1, 0.15) is 21.8 Å². The van der Waals surface area contributed by atoms with Crippen molar-refractivity contribution in [2.75, 3.05) is 32.1 Å². The normalized spacial score (nSPS) is 17.0. The van der Waals surface area contributed by atoms with Gasteiger partial charge in [-0.25, -0.2) is 8.42 Å². The lowest BCUT2D eigenvalue weighted by molar-refractivity contribution is -0.129. The van der Waals surface area contributed by atoms with E-state index < -0.39 is 10.0 Å². The summed E-state index contributed by atoms with van der Waals surface area (Å²) in [6, 6.07) is 4.92. The minimum Gasteiger partial charge on any atom is -0.339 e. The average molecular weight is 361 g/mol. The van der Waals surface area contributed by atoms with Gasteiger partial charge in [0.15, 0.2) is 0 Å². The number of amides is 1. The second kappa shape index (κ2) is 6.07. The van der Waals surface area contributed by atoms with Crippen molar-refractivity contribution in [1.82, 2.24) is 18.0 Å². The number of nitrogens with zero attached hydrogens (tertiary/aromatic N) is 4. The van der Waals surface area contributed by atoms with Crippen LogP contribution < -0.4 is 0 Å². The number of hydrogen-bond donors (Lipinski definition) is 0. The first-order valence-corrected chi connectivity index (χ1v) is 9.29. The summed E-state index contributed by atoms with van der Waals surface area (Å²) in [5, 5.41) is 0. The largest absolute Gasteiger partial charge is 0.339 e. The Balaban J connectivity index is 1.86. The zero-order valence-corrected chi connectivity index (χ0v) is 13.9. The fourth-order valence-electron chi connectivity index (χ4n) is 2.39. The standard InChI is InChI=1S/C12H13ClN4O3S2/c13-8-11(18)16-4-6-17(7-5-16)22(19,20)10-3-1-2-9-12(10)15-21-14-9/h1-3H,4-8H2. The van der Waals surface area contributed by atoms with E-state index in [4.69, 9.17) is 11.6 Å². The second-order valence-electron chi connectivity index (χ2n) is 4.81. The molecule has 1 aromatic carbocycles. The van der Waals surface area contributed by atoms with Crippen molar-refractivity contribution in [3.8, 4) is 0 Å². The highest BCUT2D eigenvalue weighted by Crippen LogP contribution is 2.25. The Morgan fingerprint density at radius 1 is 1.23 bits per heavy atom. The van der Waals surface area contributed by atoms with E-state index in [0.717, 1.165) is 11.7 Å². The summed E-state index contributed by atoms with van der Waals surface area (Å²) in [4.78, 5) is 13.3. The third-order valence-corrected chi connectivity index (χ3v) is 6.27. The summed E-state index contributed by atoms with van der Waals surface area (Å²) >= 11 is 6.51. The van der Waals surface area contributed by atoms with E-state index in [1.54, 1.807) is 17.0 Å². The Kier molecular flexibility index (Phi) is 4.31. The highest BCUT2D eigenvalue weighted by molar-refractivity contribution is 7.89. The second-order valence-corrected chi connectivity index (χ2v) is 7.51. The smallest absolute Gasteiger partial charge is 0.245 e. The van der Waals surface area contributed by atoms with E-state index in [2.05, 4.69) is 8.75 Å². The first-order valence-electron chi connectivity index (χ1n) is 6.59. The predicted molar refractivity (Wildman–Crippen MR) is 83.5 cm³/mol. The third kappa shape index (κ3) is 2.69. The number of halogens is 1. The zero-order valence-electron chi connectivity index (χ0n) is 11.5. The number of piperazine rings is 1. The van der Waals surface area contributed by atoms with Gasteiger partial charge in [0, 0.05) is 26.2 Å². The number of aromatic nitrogens is 2. The van der Waals surface area contributed by atoms with Crippen molar-refractivity contribution in [1.29, 1.82) is 0 Å². The quantitative estimate of drug-likeness (QED) is 0.755. The molecule has 0 spiro atoms. The Morgan fingerprint density at radius 2 is 1.95 bits per heavy atom. The molecule has 0 atom stereocenters. The number of carbonyl (C=O) groups is 1. The van der Waals surface area contributed by atoms with Gasteiger partial charge < -0.3 is 4.90 Å². The van der Waals surface area contributed by atoms with E-state index in [1.165, 1.54) is 10.4 Å². The Hall–Kier alpha value is -1.29. The summed E-state index contributed by atoms with van der Waals surface area (Å²) in [7, 11) is -3.65. The average Bonchev–Trinajstić information content (AvgIpc) is 3.02. The van der Waals surface area contributed by atoms with E-state index >= 15 is 0 Å². The summed E-state index contributed by atoms with van der Waals surface area (Å²) < 4.78 is 35.1. The molecule has 0 aliphatic carbocycles. The van der Waals surface area contributed by atoms with Crippen LogP contribution in [-0.2, 0) is 14.8 Å². The SMILES string of the molecule is O=C(CCl)N1CCN(S(=O)(=O)c2cccc3nsnc23)CC1. The summed E-state index contributed by atoms with van der Waals surface area (Å²) in [6.45, 7) is 1.18. The van der Waals surface area contributed by atoms with E-state index in [1.807, 2.05) is 0 Å². The molecule has 118 valence electrons. The molecule has 0 radical (unpaired) electrons. The predicted octanol–water partition coefficient (Wildman–Crippen LogP) is 0.763. The van der Waals surface area contributed by atoms with E-state index in [0.29, 0.717) is 24.1 Å². The van der Waals surface area contributed by atoms with Crippen LogP contribution in [0.3, 0.4) is 0 Å². The van der Waals surface area contributed by atoms with Gasteiger partial charge >= 0.3 is 0 Å². The molecule has 0 N–H and O–H groups in total. The maximum absolute atomic E-state index is 12.8. The van der Waals surface area contributed by atoms with Gasteiger partial charge in [-0.2, -0.15) is 13.1 Å². The Morgan fingerprint density at radius 3 is 2.64 bits per heavy atom. The number of benzene rings is 1. The highest BCUT2D eigenvalue weighted by atomic mass is 35.5. The number of hydrogen-bond acceptors (Lipinski definition) is 6. The van der Waals surface area contributed by atoms with Crippen LogP contribution in [0, 0.1) is 0 Å². The van der Waals surface area contributed by atoms with Gasteiger partial charge in [0.2, 0.25) is 15.9 Å². The molecule has 1 fully saturated rings. The lowest BCUT2D eigenvalue weighted by Crippen LogP contribution is -2.50. The molecule has 1 aliphatic heterocycles. The number of alkyl halides is 1. The molecule has 0 bridgehead atoms. The molecule has 3 rings (SSSR count). The molecular formula is C12H13ClN4O3S2. The van der Waals surface area contributed by atoms with Gasteiger partial charge in [0.25, 0.3) is 0 Å². The molecular weight excluding hydrogens is 348 g/mol. The molecule has 1 saturated heterocycles. The van der Waals surface area contributed by atoms with Crippen LogP contribution in [0.1, 0.15) is 0 Å². The Bertz CT molecular complexity index is 800. The van der Waals surface area contributed by atoms with Crippen molar-refractivity contribution in [2.45, 2.75) is 4.90 Å². The summed E-state index contributed by atoms with van der Waals surface area (Å²) in [5.41, 5.74) is 0.966. The lowest BCUT2D eigenvalue weighted by atomic mass is 10.3. The van der Waals surface area contributed by atoms with Crippen molar-refractivity contribution in [3.05, 3.63) is 18.2 Å². The van der Waals surface area contributed by atoms with E-state index in [9.17, 15) is 13.2 Å². The van der Waals surface area contributed by atoms with Gasteiger partial charge in [0.05, 0.1) is 11.7 Å². The molecule has 7 nitrogen and oxygen atoms in total. The monoisotopic (exact) mass is 360 g/mol. The van der Waals surface area contributed by atoms with Gasteiger partial charge in [-0.05, 0) is 12.1 Å². The fraction of sp³-hybridized carbons (Fsp3) is 0.417. The maximum atomic E-state index is 12.8. The lowest BCUT2D eigenvalue weighted by Gasteiger charge is -2.33. The van der Waals surface area contributed by atoms with Crippen LogP contribution in [0.5, 0.6) is 0 Å². The highest BCUT2D eigenvalue weighted by Gasteiger charge is 2.31. The number of sulfonamides is 1. The molecule has 10 heteroatoms. The summed E-state index contributed by atoms with van der Waals surface area (Å²) in [6.07, 6.45) is 0. The minimum atomic E-state index is -3.65. The molecule has 0 unspecified atom stereocenters. The maximum Gasteiger partial charge on any atom is 0.245 e. The van der Waals surface area contributed by atoms with Crippen molar-refractivity contribution in [2.24, 2.45) is 0 Å². The first kappa shape index (κ1) is 15.6. The van der Waals surface area contributed by atoms with Gasteiger partial charge in [-0.3, -0.25) is 4.79 Å². The van der Waals surface area contributed by atoms with Crippen molar-refractivity contribution < 1.29 is 13.2 Å². The molecule has 2 heterocycles. The molecule has 1 aliphatic rings. The van der Waals surface area contributed by atoms with Gasteiger partial charge in [-0.15, -0.1) is 11.6 Å². The van der Waals surface area contributed by atoms with Crippen molar-refractivity contribution in [3.63, 3.8) is 0 Å². The topological polar surface area (TPSA) is 83.5 Å². The third-order valence-electron chi connectivity index (χ3n) is 3.57. The molecule has 1 amide bonds. The molecule has 1 aromatic heterocycles. The van der Waals surface area contributed by atoms with Crippen LogP contribution in [0.2, 0.25) is 0 Å². The van der Waals surface area contributed by atoms with Crippen LogP contribution in [-0.4, -0.2) is 64.3 Å². The summed E-state index contributed by atoms with van der Waals surface area (Å²) in [5.74, 6) is -0.263. The Labute approximate surface area is 136 Å². The van der Waals surface area contributed by atoms with Crippen LogP contribution in [0.4, 0.5) is 0 Å². The van der Waals surface area contributed by atoms with Crippen LogP contribution >= 0.6 is 23.3 Å². The molecule has 0 saturated carbocycles. The number of fused-ring (bicyclic) bond motifs is 1. The fourth-order valence-corrected chi connectivity index (χ4v) is 4.73. The zero-order chi connectivity index (χ0) is 15.7. The first-order chi connectivity index (χ1) is 10.5. The van der Waals surface area contributed by atoms with E-state index in [-0.39, 0.29) is 29.8 Å². The van der Waals surface area contributed by atoms with Crippen LogP contribution in [0.25, 0.3) is 11.0 Å². The molecule has 2 aromatic rings. The van der Waals surface area contributed by atoms with Crippen LogP contribution in [0.15, 0.2) is 23.1 Å². The molecule has 22 heavy (non-hydrogen) atoms. The van der Waals surface area contributed by atoms with Gasteiger partial charge in [-0.1, -0.05) is 6.07 Å². The minimum absolute atomic E-state index is 0.0868. The number of rotatable bonds is 3. The number of carbonyl (C=O) groups excluding carboxylic acids is 1. The van der Waals surface area contributed by atoms with Crippen molar-refractivity contribution >= 4 is 50.3 Å².